The molecule has 0 saturated carbocycles. The molecule has 1 amide bonds. The van der Waals surface area contributed by atoms with E-state index in [4.69, 9.17) is 0 Å². The fourth-order valence-electron chi connectivity index (χ4n) is 3.50. The van der Waals surface area contributed by atoms with Gasteiger partial charge in [0.05, 0.1) is 5.69 Å². The lowest BCUT2D eigenvalue weighted by Crippen LogP contribution is -2.38. The Hall–Kier alpha value is -2.81. The maximum absolute atomic E-state index is 13.4. The molecule has 1 aliphatic heterocycles. The first-order valence-electron chi connectivity index (χ1n) is 9.35. The van der Waals surface area contributed by atoms with Crippen molar-refractivity contribution < 1.29 is 22.4 Å². The zero-order valence-corrected chi connectivity index (χ0v) is 16.5. The lowest BCUT2D eigenvalue weighted by atomic mass is 9.95. The maximum Gasteiger partial charge on any atom is 0.433 e. The number of carbonyl (C=O) groups is 1. The van der Waals surface area contributed by atoms with Crippen molar-refractivity contribution in [2.45, 2.75) is 24.9 Å². The molecule has 0 spiro atoms. The first-order valence-corrected chi connectivity index (χ1v) is 10.3. The van der Waals surface area contributed by atoms with E-state index in [1.807, 2.05) is 0 Å². The van der Waals surface area contributed by atoms with E-state index in [-0.39, 0.29) is 28.9 Å². The topological polar surface area (TPSA) is 46.1 Å². The first kappa shape index (κ1) is 20.5. The van der Waals surface area contributed by atoms with Gasteiger partial charge < -0.3 is 4.90 Å². The van der Waals surface area contributed by atoms with Gasteiger partial charge in [-0.2, -0.15) is 24.5 Å². The van der Waals surface area contributed by atoms with Crippen molar-refractivity contribution in [3.05, 3.63) is 70.1 Å². The van der Waals surface area contributed by atoms with Crippen molar-refractivity contribution in [3.63, 3.8) is 0 Å². The molecular weight excluding hydrogens is 418 g/mol. The molecule has 9 heteroatoms. The molecule has 0 unspecified atom stereocenters. The third-order valence-corrected chi connectivity index (χ3v) is 5.75. The summed E-state index contributed by atoms with van der Waals surface area (Å²) in [4.78, 5) is 22.3. The van der Waals surface area contributed by atoms with E-state index in [9.17, 15) is 22.4 Å². The summed E-state index contributed by atoms with van der Waals surface area (Å²) in [5.74, 6) is -0.934. The van der Waals surface area contributed by atoms with Crippen LogP contribution >= 0.6 is 11.3 Å². The van der Waals surface area contributed by atoms with E-state index in [0.29, 0.717) is 31.5 Å². The summed E-state index contributed by atoms with van der Waals surface area (Å²) in [6.07, 6.45) is -3.70. The second kappa shape index (κ2) is 8.14. The molecule has 0 N–H and O–H groups in total. The number of benzene rings is 1. The minimum absolute atomic E-state index is 0.142. The van der Waals surface area contributed by atoms with Crippen molar-refractivity contribution >= 4 is 17.2 Å². The highest BCUT2D eigenvalue weighted by Gasteiger charge is 2.35. The average Bonchev–Trinajstić information content (AvgIpc) is 3.27. The Labute approximate surface area is 174 Å². The van der Waals surface area contributed by atoms with Crippen LogP contribution in [0, 0.1) is 5.82 Å². The first-order chi connectivity index (χ1) is 14.3. The molecule has 156 valence electrons. The van der Waals surface area contributed by atoms with E-state index in [2.05, 4.69) is 9.97 Å². The largest absolute Gasteiger partial charge is 0.433 e. The summed E-state index contributed by atoms with van der Waals surface area (Å²) in [7, 11) is 0. The fourth-order valence-corrected chi connectivity index (χ4v) is 4.15. The van der Waals surface area contributed by atoms with Gasteiger partial charge in [-0.05, 0) is 48.6 Å². The normalized spacial score (nSPS) is 15.4. The van der Waals surface area contributed by atoms with Crippen LogP contribution in [0.3, 0.4) is 0 Å². The van der Waals surface area contributed by atoms with Gasteiger partial charge >= 0.3 is 6.18 Å². The lowest BCUT2D eigenvalue weighted by Gasteiger charge is -2.31. The number of hydrogen-bond acceptors (Lipinski definition) is 4. The van der Waals surface area contributed by atoms with Crippen LogP contribution in [0.2, 0.25) is 0 Å². The third-order valence-electron chi connectivity index (χ3n) is 5.07. The number of alkyl halides is 3. The van der Waals surface area contributed by atoms with Crippen molar-refractivity contribution in [2.24, 2.45) is 0 Å². The van der Waals surface area contributed by atoms with Crippen LogP contribution in [-0.4, -0.2) is 33.9 Å². The molecule has 1 aromatic carbocycles. The molecule has 4 rings (SSSR count). The van der Waals surface area contributed by atoms with Gasteiger partial charge in [0, 0.05) is 35.5 Å². The Balaban J connectivity index is 1.54. The van der Waals surface area contributed by atoms with Gasteiger partial charge in [-0.3, -0.25) is 4.79 Å². The summed E-state index contributed by atoms with van der Waals surface area (Å²) in [5.41, 5.74) is 0.148. The summed E-state index contributed by atoms with van der Waals surface area (Å²) in [5, 5.41) is 3.52. The summed E-state index contributed by atoms with van der Waals surface area (Å²) in [6, 6.07) is 8.14. The zero-order valence-electron chi connectivity index (χ0n) is 15.7. The molecule has 1 aliphatic rings. The number of carbonyl (C=O) groups excluding carboxylic acids is 1. The van der Waals surface area contributed by atoms with Crippen molar-refractivity contribution in [2.75, 3.05) is 13.1 Å². The molecule has 3 aromatic rings. The van der Waals surface area contributed by atoms with Crippen molar-refractivity contribution in [3.8, 4) is 11.3 Å². The number of nitrogens with zero attached hydrogens (tertiary/aromatic N) is 3. The monoisotopic (exact) mass is 435 g/mol. The average molecular weight is 435 g/mol. The van der Waals surface area contributed by atoms with E-state index in [1.165, 1.54) is 29.5 Å². The molecule has 30 heavy (non-hydrogen) atoms. The van der Waals surface area contributed by atoms with E-state index in [0.717, 1.165) is 6.07 Å². The number of aromatic nitrogens is 2. The highest BCUT2D eigenvalue weighted by atomic mass is 32.1. The molecule has 0 atom stereocenters. The molecule has 4 nitrogen and oxygen atoms in total. The van der Waals surface area contributed by atoms with E-state index < -0.39 is 17.7 Å². The smallest absolute Gasteiger partial charge is 0.339 e. The number of thiophene rings is 1. The Kier molecular flexibility index (Phi) is 5.55. The molecule has 1 saturated heterocycles. The minimum Gasteiger partial charge on any atom is -0.339 e. The number of halogens is 4. The van der Waals surface area contributed by atoms with Crippen LogP contribution in [0.1, 0.15) is 40.6 Å². The summed E-state index contributed by atoms with van der Waals surface area (Å²) in [6.45, 7) is 0.681. The standard InChI is InChI=1S/C21H17F4N3OS/c22-16-3-1-2-14(10-16)20(29)28-7-4-13(5-8-28)19-26-17(15-6-9-30-12-15)11-18(27-19)21(23,24)25/h1-3,6,9-13H,4-5,7-8H2. The molecular formula is C21H17F4N3OS. The Morgan fingerprint density at radius 1 is 1.10 bits per heavy atom. The lowest BCUT2D eigenvalue weighted by molar-refractivity contribution is -0.141. The van der Waals surface area contributed by atoms with Gasteiger partial charge in [-0.15, -0.1) is 0 Å². The quantitative estimate of drug-likeness (QED) is 0.519. The molecule has 0 radical (unpaired) electrons. The van der Waals surface area contributed by atoms with Gasteiger partial charge in [0.25, 0.3) is 5.91 Å². The second-order valence-corrected chi connectivity index (χ2v) is 7.86. The maximum atomic E-state index is 13.4. The summed E-state index contributed by atoms with van der Waals surface area (Å²) < 4.78 is 53.5. The highest BCUT2D eigenvalue weighted by Crippen LogP contribution is 2.34. The number of rotatable bonds is 3. The molecule has 1 fully saturated rings. The number of piperidine rings is 1. The van der Waals surface area contributed by atoms with Crippen LogP contribution in [0.15, 0.2) is 47.2 Å². The number of likely N-dealkylation sites (tertiary alicyclic amines) is 1. The molecule has 0 aliphatic carbocycles. The Bertz CT molecular complexity index is 1040. The van der Waals surface area contributed by atoms with E-state index in [1.54, 1.807) is 27.8 Å². The predicted molar refractivity (Wildman–Crippen MR) is 105 cm³/mol. The second-order valence-electron chi connectivity index (χ2n) is 7.08. The van der Waals surface area contributed by atoms with Crippen LogP contribution in [-0.2, 0) is 6.18 Å². The van der Waals surface area contributed by atoms with Gasteiger partial charge in [-0.25, -0.2) is 14.4 Å². The molecule has 3 heterocycles. The number of amides is 1. The van der Waals surface area contributed by atoms with Gasteiger partial charge in [0.1, 0.15) is 17.3 Å². The van der Waals surface area contributed by atoms with Crippen molar-refractivity contribution in [1.82, 2.24) is 14.9 Å². The third kappa shape index (κ3) is 4.35. The van der Waals surface area contributed by atoms with Crippen molar-refractivity contribution in [1.29, 1.82) is 0 Å². The SMILES string of the molecule is O=C(c1cccc(F)c1)N1CCC(c2nc(-c3ccsc3)cc(C(F)(F)F)n2)CC1. The van der Waals surface area contributed by atoms with E-state index >= 15 is 0 Å². The van der Waals surface area contributed by atoms with Crippen LogP contribution in [0.25, 0.3) is 11.3 Å². The molecule has 2 aromatic heterocycles. The van der Waals surface area contributed by atoms with Gasteiger partial charge in [0.15, 0.2) is 0 Å². The highest BCUT2D eigenvalue weighted by molar-refractivity contribution is 7.08. The summed E-state index contributed by atoms with van der Waals surface area (Å²) >= 11 is 1.38. The Morgan fingerprint density at radius 2 is 1.87 bits per heavy atom. The molecule has 0 bridgehead atoms. The zero-order chi connectivity index (χ0) is 21.3. The fraction of sp³-hybridized carbons (Fsp3) is 0.286. The van der Waals surface area contributed by atoms with Gasteiger partial charge in [0.2, 0.25) is 0 Å². The predicted octanol–water partition coefficient (Wildman–Crippen LogP) is 5.38. The number of hydrogen-bond donors (Lipinski definition) is 0. The van der Waals surface area contributed by atoms with Gasteiger partial charge in [-0.1, -0.05) is 6.07 Å². The Morgan fingerprint density at radius 3 is 2.50 bits per heavy atom. The van der Waals surface area contributed by atoms with Crippen LogP contribution in [0.4, 0.5) is 17.6 Å². The minimum atomic E-state index is -4.57. The van der Waals surface area contributed by atoms with Crippen LogP contribution in [0.5, 0.6) is 0 Å². The van der Waals surface area contributed by atoms with Crippen LogP contribution < -0.4 is 0 Å².